The molecule has 0 fully saturated rings. The summed E-state index contributed by atoms with van der Waals surface area (Å²) in [5.41, 5.74) is 4.08. The van der Waals surface area contributed by atoms with E-state index in [0.717, 1.165) is 28.3 Å². The van der Waals surface area contributed by atoms with Crippen molar-refractivity contribution in [1.82, 2.24) is 0 Å². The molecule has 0 bridgehead atoms. The lowest BCUT2D eigenvalue weighted by Crippen LogP contribution is -2.41. The van der Waals surface area contributed by atoms with Gasteiger partial charge in [-0.05, 0) is 55.2 Å². The van der Waals surface area contributed by atoms with Crippen molar-refractivity contribution < 1.29 is 23.8 Å². The number of benzene rings is 3. The first-order valence-electron chi connectivity index (χ1n) is 12.6. The van der Waals surface area contributed by atoms with Gasteiger partial charge in [0.15, 0.2) is 17.3 Å². The molecule has 1 amide bonds. The smallest absolute Gasteiger partial charge is 0.232 e. The number of allylic oxidation sites excluding steroid dienone is 2. The van der Waals surface area contributed by atoms with Crippen LogP contribution < -0.4 is 19.1 Å². The van der Waals surface area contributed by atoms with E-state index in [0.29, 0.717) is 36.5 Å². The third-order valence-corrected chi connectivity index (χ3v) is 7.22. The number of methoxy groups -OCH3 is 2. The van der Waals surface area contributed by atoms with Crippen LogP contribution in [0.25, 0.3) is 0 Å². The number of carbonyl (C=O) groups is 2. The van der Waals surface area contributed by atoms with Gasteiger partial charge in [-0.3, -0.25) is 14.5 Å². The van der Waals surface area contributed by atoms with Crippen LogP contribution in [0.2, 0.25) is 0 Å². The number of ether oxygens (including phenoxy) is 3. The van der Waals surface area contributed by atoms with Crippen molar-refractivity contribution in [2.75, 3.05) is 25.7 Å². The summed E-state index contributed by atoms with van der Waals surface area (Å²) in [7, 11) is 3.17. The van der Waals surface area contributed by atoms with Crippen LogP contribution >= 0.6 is 0 Å². The van der Waals surface area contributed by atoms with E-state index < -0.39 is 5.92 Å². The van der Waals surface area contributed by atoms with Gasteiger partial charge in [-0.2, -0.15) is 0 Å². The number of rotatable bonds is 7. The second-order valence-corrected chi connectivity index (χ2v) is 9.29. The van der Waals surface area contributed by atoms with Crippen LogP contribution in [0.5, 0.6) is 17.2 Å². The standard InChI is InChI=1S/C31H31NO5/c1-4-37-23-15-13-22(14-16-23)32-26-17-21(20-9-6-5-7-10-20)18-27(33)30(26)25(19-29(32)34)24-11-8-12-28(35-2)31(24)36-3/h5-16,21,25H,4,17-19H2,1-3H3. The van der Waals surface area contributed by atoms with Crippen molar-refractivity contribution in [3.63, 3.8) is 0 Å². The molecule has 3 aromatic rings. The van der Waals surface area contributed by atoms with Gasteiger partial charge in [0.2, 0.25) is 5.91 Å². The van der Waals surface area contributed by atoms with Crippen molar-refractivity contribution in [3.05, 3.63) is 95.2 Å². The lowest BCUT2D eigenvalue weighted by Gasteiger charge is -2.40. The minimum atomic E-state index is -0.407. The molecule has 0 spiro atoms. The summed E-state index contributed by atoms with van der Waals surface area (Å²) in [5, 5.41) is 0. The summed E-state index contributed by atoms with van der Waals surface area (Å²) in [5.74, 6) is 1.47. The number of amides is 1. The Bertz CT molecular complexity index is 1330. The van der Waals surface area contributed by atoms with Gasteiger partial charge in [-0.1, -0.05) is 42.5 Å². The van der Waals surface area contributed by atoms with E-state index in [1.807, 2.05) is 67.6 Å². The molecule has 0 aromatic heterocycles. The summed E-state index contributed by atoms with van der Waals surface area (Å²) < 4.78 is 16.8. The highest BCUT2D eigenvalue weighted by atomic mass is 16.5. The fraction of sp³-hybridized carbons (Fsp3) is 0.290. The van der Waals surface area contributed by atoms with E-state index in [4.69, 9.17) is 14.2 Å². The van der Waals surface area contributed by atoms with Crippen LogP contribution in [0.1, 0.15) is 49.1 Å². The zero-order valence-corrected chi connectivity index (χ0v) is 21.4. The maximum atomic E-state index is 13.9. The minimum absolute atomic E-state index is 0.00333. The molecule has 6 nitrogen and oxygen atoms in total. The Balaban J connectivity index is 1.65. The fourth-order valence-electron chi connectivity index (χ4n) is 5.61. The zero-order valence-electron chi connectivity index (χ0n) is 21.4. The number of carbonyl (C=O) groups excluding carboxylic acids is 2. The number of Topliss-reactive ketones (excluding diaryl/α,β-unsaturated/α-hetero) is 1. The maximum absolute atomic E-state index is 13.9. The Morgan fingerprint density at radius 2 is 1.59 bits per heavy atom. The normalized spacial score (nSPS) is 19.5. The van der Waals surface area contributed by atoms with Gasteiger partial charge in [0.25, 0.3) is 0 Å². The number of anilines is 1. The number of hydrogen-bond donors (Lipinski definition) is 0. The SMILES string of the molecule is CCOc1ccc(N2C(=O)CC(c3cccc(OC)c3OC)C3=C2CC(c2ccccc2)CC3=O)cc1. The number of hydrogen-bond acceptors (Lipinski definition) is 5. The first kappa shape index (κ1) is 24.6. The third kappa shape index (κ3) is 4.59. The number of ketones is 1. The van der Waals surface area contributed by atoms with Crippen LogP contribution in [0.4, 0.5) is 5.69 Å². The monoisotopic (exact) mass is 497 g/mol. The molecule has 5 rings (SSSR count). The Hall–Kier alpha value is -4.06. The van der Waals surface area contributed by atoms with Crippen LogP contribution in [0.3, 0.4) is 0 Å². The van der Waals surface area contributed by atoms with Gasteiger partial charge in [0.1, 0.15) is 5.75 Å². The fourth-order valence-corrected chi connectivity index (χ4v) is 5.61. The van der Waals surface area contributed by atoms with E-state index >= 15 is 0 Å². The molecular formula is C31H31NO5. The quantitative estimate of drug-likeness (QED) is 0.399. The Morgan fingerprint density at radius 3 is 2.27 bits per heavy atom. The molecule has 190 valence electrons. The Morgan fingerprint density at radius 1 is 0.838 bits per heavy atom. The molecule has 37 heavy (non-hydrogen) atoms. The Kier molecular flexibility index (Phi) is 6.99. The van der Waals surface area contributed by atoms with Crippen LogP contribution in [-0.2, 0) is 9.59 Å². The summed E-state index contributed by atoms with van der Waals surface area (Å²) in [4.78, 5) is 29.4. The lowest BCUT2D eigenvalue weighted by atomic mass is 9.72. The molecule has 6 heteroatoms. The molecule has 1 heterocycles. The molecule has 2 atom stereocenters. The second-order valence-electron chi connectivity index (χ2n) is 9.29. The van der Waals surface area contributed by atoms with E-state index in [2.05, 4.69) is 12.1 Å². The minimum Gasteiger partial charge on any atom is -0.494 e. The molecule has 0 radical (unpaired) electrons. The lowest BCUT2D eigenvalue weighted by molar-refractivity contribution is -0.120. The van der Waals surface area contributed by atoms with E-state index in [1.54, 1.807) is 19.1 Å². The summed E-state index contributed by atoms with van der Waals surface area (Å²) >= 11 is 0. The molecule has 0 N–H and O–H groups in total. The first-order chi connectivity index (χ1) is 18.0. The maximum Gasteiger partial charge on any atom is 0.232 e. The van der Waals surface area contributed by atoms with Crippen LogP contribution in [0.15, 0.2) is 84.1 Å². The Labute approximate surface area is 217 Å². The summed E-state index contributed by atoms with van der Waals surface area (Å²) in [6, 6.07) is 23.2. The average Bonchev–Trinajstić information content (AvgIpc) is 2.93. The predicted molar refractivity (Wildman–Crippen MR) is 142 cm³/mol. The van der Waals surface area contributed by atoms with Crippen LogP contribution in [-0.4, -0.2) is 32.5 Å². The van der Waals surface area contributed by atoms with Gasteiger partial charge in [-0.15, -0.1) is 0 Å². The summed E-state index contributed by atoms with van der Waals surface area (Å²) in [6.07, 6.45) is 1.15. The van der Waals surface area contributed by atoms with Gasteiger partial charge < -0.3 is 14.2 Å². The van der Waals surface area contributed by atoms with Crippen molar-refractivity contribution in [2.24, 2.45) is 0 Å². The summed E-state index contributed by atoms with van der Waals surface area (Å²) in [6.45, 7) is 2.50. The molecular weight excluding hydrogens is 466 g/mol. The van der Waals surface area contributed by atoms with Crippen molar-refractivity contribution in [3.8, 4) is 17.2 Å². The van der Waals surface area contributed by atoms with Gasteiger partial charge in [0, 0.05) is 41.3 Å². The highest BCUT2D eigenvalue weighted by Gasteiger charge is 2.43. The zero-order chi connectivity index (χ0) is 25.9. The number of para-hydroxylation sites is 1. The van der Waals surface area contributed by atoms with Crippen molar-refractivity contribution >= 4 is 17.4 Å². The number of nitrogens with zero attached hydrogens (tertiary/aromatic N) is 1. The van der Waals surface area contributed by atoms with Crippen molar-refractivity contribution in [1.29, 1.82) is 0 Å². The molecule has 2 aliphatic rings. The first-order valence-corrected chi connectivity index (χ1v) is 12.6. The average molecular weight is 498 g/mol. The van der Waals surface area contributed by atoms with Crippen molar-refractivity contribution in [2.45, 2.75) is 38.0 Å². The van der Waals surface area contributed by atoms with Gasteiger partial charge in [0.05, 0.1) is 20.8 Å². The van der Waals surface area contributed by atoms with E-state index in [9.17, 15) is 9.59 Å². The van der Waals surface area contributed by atoms with E-state index in [1.165, 1.54) is 0 Å². The molecule has 1 aliphatic carbocycles. The molecule has 2 unspecified atom stereocenters. The molecule has 0 saturated carbocycles. The molecule has 1 aliphatic heterocycles. The third-order valence-electron chi connectivity index (χ3n) is 7.22. The largest absolute Gasteiger partial charge is 0.494 e. The second kappa shape index (κ2) is 10.5. The predicted octanol–water partition coefficient (Wildman–Crippen LogP) is 6.02. The topological polar surface area (TPSA) is 65.1 Å². The van der Waals surface area contributed by atoms with E-state index in [-0.39, 0.29) is 24.0 Å². The van der Waals surface area contributed by atoms with Crippen LogP contribution in [0, 0.1) is 0 Å². The van der Waals surface area contributed by atoms with Gasteiger partial charge >= 0.3 is 0 Å². The van der Waals surface area contributed by atoms with Gasteiger partial charge in [-0.25, -0.2) is 0 Å². The molecule has 0 saturated heterocycles. The highest BCUT2D eigenvalue weighted by molar-refractivity contribution is 6.08. The highest BCUT2D eigenvalue weighted by Crippen LogP contribution is 2.49. The molecule has 3 aromatic carbocycles.